The minimum Gasteiger partial charge on any atom is -0.461 e. The summed E-state index contributed by atoms with van der Waals surface area (Å²) < 4.78 is 33.1. The fourth-order valence-corrected chi connectivity index (χ4v) is 2.78. The molecule has 8 nitrogen and oxygen atoms in total. The van der Waals surface area contributed by atoms with Crippen LogP contribution in [0.4, 0.5) is 0 Å². The van der Waals surface area contributed by atoms with Crippen LogP contribution in [0.15, 0.2) is 24.3 Å². The standard InChI is InChI=1S/C21H32O8/c1-15(2)9-24-17(22)5-7-19-26-11-21(12-27-19)13-28-20(29-14-21)8-6-18(23)25-10-16(3)4/h19-20H,1,3,5-14H2,2,4H3. The molecule has 2 heterocycles. The van der Waals surface area contributed by atoms with Gasteiger partial charge >= 0.3 is 11.9 Å². The smallest absolute Gasteiger partial charge is 0.306 e. The van der Waals surface area contributed by atoms with E-state index in [4.69, 9.17) is 28.4 Å². The molecule has 2 aliphatic rings. The minimum absolute atomic E-state index is 0.224. The Kier molecular flexibility index (Phi) is 9.29. The Hall–Kier alpha value is -1.74. The van der Waals surface area contributed by atoms with Crippen LogP contribution in [0.3, 0.4) is 0 Å². The van der Waals surface area contributed by atoms with E-state index >= 15 is 0 Å². The SMILES string of the molecule is C=C(C)COC(=O)CCC1OCC2(CO1)COC(CCC(=O)OCC(=C)C)OC2. The minimum atomic E-state index is -0.446. The lowest BCUT2D eigenvalue weighted by Crippen LogP contribution is -2.52. The van der Waals surface area contributed by atoms with E-state index in [9.17, 15) is 9.59 Å². The number of ether oxygens (including phenoxy) is 6. The maximum Gasteiger partial charge on any atom is 0.306 e. The summed E-state index contributed by atoms with van der Waals surface area (Å²) in [4.78, 5) is 23.3. The monoisotopic (exact) mass is 412 g/mol. The molecule has 2 fully saturated rings. The summed E-state index contributed by atoms with van der Waals surface area (Å²) in [5, 5.41) is 0. The van der Waals surface area contributed by atoms with Crippen LogP contribution in [0.25, 0.3) is 0 Å². The Morgan fingerprint density at radius 3 is 1.45 bits per heavy atom. The molecule has 0 aromatic heterocycles. The quantitative estimate of drug-likeness (QED) is 0.399. The van der Waals surface area contributed by atoms with Crippen molar-refractivity contribution in [3.8, 4) is 0 Å². The Labute approximate surface area is 172 Å². The summed E-state index contributed by atoms with van der Waals surface area (Å²) in [5.74, 6) is -0.594. The summed E-state index contributed by atoms with van der Waals surface area (Å²) in [5.41, 5.74) is 1.23. The second-order valence-corrected chi connectivity index (χ2v) is 7.92. The van der Waals surface area contributed by atoms with Gasteiger partial charge in [0.15, 0.2) is 12.6 Å². The van der Waals surface area contributed by atoms with Crippen molar-refractivity contribution in [2.45, 2.75) is 52.1 Å². The van der Waals surface area contributed by atoms with Gasteiger partial charge in [-0.2, -0.15) is 0 Å². The maximum atomic E-state index is 11.7. The maximum absolute atomic E-state index is 11.7. The van der Waals surface area contributed by atoms with Crippen LogP contribution in [0.1, 0.15) is 39.5 Å². The summed E-state index contributed by atoms with van der Waals surface area (Å²) >= 11 is 0. The molecule has 0 aromatic carbocycles. The van der Waals surface area contributed by atoms with Crippen molar-refractivity contribution in [3.63, 3.8) is 0 Å². The van der Waals surface area contributed by atoms with Gasteiger partial charge in [-0.15, -0.1) is 0 Å². The molecule has 0 amide bonds. The van der Waals surface area contributed by atoms with Gasteiger partial charge in [0.2, 0.25) is 0 Å². The van der Waals surface area contributed by atoms with Crippen LogP contribution in [0.2, 0.25) is 0 Å². The molecule has 0 atom stereocenters. The van der Waals surface area contributed by atoms with Gasteiger partial charge in [-0.1, -0.05) is 13.2 Å². The third kappa shape index (κ3) is 8.65. The predicted octanol–water partition coefficient (Wildman–Crippen LogP) is 2.52. The largest absolute Gasteiger partial charge is 0.461 e. The van der Waals surface area contributed by atoms with Gasteiger partial charge in [-0.05, 0) is 25.0 Å². The van der Waals surface area contributed by atoms with E-state index in [1.807, 2.05) is 0 Å². The van der Waals surface area contributed by atoms with Crippen molar-refractivity contribution in [1.29, 1.82) is 0 Å². The molecular weight excluding hydrogens is 380 g/mol. The van der Waals surface area contributed by atoms with E-state index in [1.54, 1.807) is 13.8 Å². The first-order chi connectivity index (χ1) is 13.8. The zero-order valence-electron chi connectivity index (χ0n) is 17.4. The number of carbonyl (C=O) groups excluding carboxylic acids is 2. The van der Waals surface area contributed by atoms with Crippen LogP contribution in [0.5, 0.6) is 0 Å². The van der Waals surface area contributed by atoms with Crippen molar-refractivity contribution < 1.29 is 38.0 Å². The first-order valence-electron chi connectivity index (χ1n) is 9.84. The average Bonchev–Trinajstić information content (AvgIpc) is 2.70. The highest BCUT2D eigenvalue weighted by atomic mass is 16.7. The zero-order chi connectivity index (χ0) is 21.3. The second-order valence-electron chi connectivity index (χ2n) is 7.92. The van der Waals surface area contributed by atoms with Gasteiger partial charge in [0.25, 0.3) is 0 Å². The molecule has 8 heteroatoms. The molecule has 164 valence electrons. The molecule has 0 saturated carbocycles. The Morgan fingerprint density at radius 1 is 0.793 bits per heavy atom. The lowest BCUT2D eigenvalue weighted by Gasteiger charge is -2.43. The summed E-state index contributed by atoms with van der Waals surface area (Å²) in [7, 11) is 0. The average molecular weight is 412 g/mol. The van der Waals surface area contributed by atoms with E-state index < -0.39 is 12.6 Å². The molecule has 29 heavy (non-hydrogen) atoms. The normalized spacial score (nSPS) is 26.7. The van der Waals surface area contributed by atoms with Crippen LogP contribution in [-0.4, -0.2) is 64.2 Å². The van der Waals surface area contributed by atoms with Gasteiger partial charge in [-0.25, -0.2) is 0 Å². The number of hydrogen-bond donors (Lipinski definition) is 0. The van der Waals surface area contributed by atoms with Gasteiger partial charge in [0, 0.05) is 12.8 Å². The summed E-state index contributed by atoms with van der Waals surface area (Å²) in [6.07, 6.45) is 0.421. The highest BCUT2D eigenvalue weighted by Crippen LogP contribution is 2.32. The van der Waals surface area contributed by atoms with E-state index in [-0.39, 0.29) is 43.4 Å². The van der Waals surface area contributed by atoms with Crippen molar-refractivity contribution in [2.24, 2.45) is 5.41 Å². The Bertz CT molecular complexity index is 528. The molecule has 0 aromatic rings. The fourth-order valence-electron chi connectivity index (χ4n) is 2.78. The summed E-state index contributed by atoms with van der Waals surface area (Å²) in [6.45, 7) is 13.1. The molecule has 0 radical (unpaired) electrons. The van der Waals surface area contributed by atoms with Crippen LogP contribution in [-0.2, 0) is 38.0 Å². The second kappa shape index (κ2) is 11.4. The molecule has 2 saturated heterocycles. The molecular formula is C21H32O8. The Balaban J connectivity index is 1.61. The zero-order valence-corrected chi connectivity index (χ0v) is 17.4. The molecule has 0 aliphatic carbocycles. The van der Waals surface area contributed by atoms with Crippen LogP contribution < -0.4 is 0 Å². The molecule has 2 aliphatic heterocycles. The van der Waals surface area contributed by atoms with E-state index in [0.29, 0.717) is 39.3 Å². The van der Waals surface area contributed by atoms with Crippen LogP contribution >= 0.6 is 0 Å². The number of hydrogen-bond acceptors (Lipinski definition) is 8. The number of esters is 2. The van der Waals surface area contributed by atoms with Crippen molar-refractivity contribution in [1.82, 2.24) is 0 Å². The van der Waals surface area contributed by atoms with Crippen LogP contribution in [0, 0.1) is 5.41 Å². The highest BCUT2D eigenvalue weighted by molar-refractivity contribution is 5.69. The van der Waals surface area contributed by atoms with Gasteiger partial charge in [0.05, 0.1) is 44.7 Å². The van der Waals surface area contributed by atoms with E-state index in [0.717, 1.165) is 11.1 Å². The van der Waals surface area contributed by atoms with Gasteiger partial charge < -0.3 is 28.4 Å². The first-order valence-corrected chi connectivity index (χ1v) is 9.84. The molecule has 0 unspecified atom stereocenters. The van der Waals surface area contributed by atoms with Gasteiger partial charge in [-0.3, -0.25) is 9.59 Å². The predicted molar refractivity (Wildman–Crippen MR) is 104 cm³/mol. The highest BCUT2D eigenvalue weighted by Gasteiger charge is 2.42. The third-order valence-corrected chi connectivity index (χ3v) is 4.43. The lowest BCUT2D eigenvalue weighted by molar-refractivity contribution is -0.304. The summed E-state index contributed by atoms with van der Waals surface area (Å²) in [6, 6.07) is 0. The van der Waals surface area contributed by atoms with Crippen molar-refractivity contribution in [3.05, 3.63) is 24.3 Å². The lowest BCUT2D eigenvalue weighted by atomic mass is 9.90. The van der Waals surface area contributed by atoms with Gasteiger partial charge in [0.1, 0.15) is 13.2 Å². The van der Waals surface area contributed by atoms with Crippen molar-refractivity contribution in [2.75, 3.05) is 39.6 Å². The topological polar surface area (TPSA) is 89.5 Å². The third-order valence-electron chi connectivity index (χ3n) is 4.43. The van der Waals surface area contributed by atoms with E-state index in [2.05, 4.69) is 13.2 Å². The number of carbonyl (C=O) groups is 2. The fraction of sp³-hybridized carbons (Fsp3) is 0.714. The molecule has 1 spiro atoms. The first kappa shape index (κ1) is 23.5. The Morgan fingerprint density at radius 2 is 1.14 bits per heavy atom. The molecule has 0 bridgehead atoms. The van der Waals surface area contributed by atoms with Crippen molar-refractivity contribution >= 4 is 11.9 Å². The van der Waals surface area contributed by atoms with E-state index in [1.165, 1.54) is 0 Å². The number of rotatable bonds is 10. The molecule has 2 rings (SSSR count). The molecule has 0 N–H and O–H groups in total.